The van der Waals surface area contributed by atoms with Crippen molar-refractivity contribution in [3.8, 4) is 5.75 Å². The van der Waals surface area contributed by atoms with E-state index in [4.69, 9.17) is 4.74 Å². The van der Waals surface area contributed by atoms with E-state index in [2.05, 4.69) is 10.3 Å². The van der Waals surface area contributed by atoms with Crippen molar-refractivity contribution in [1.29, 1.82) is 0 Å². The zero-order chi connectivity index (χ0) is 17.1. The molecule has 2 aromatic heterocycles. The van der Waals surface area contributed by atoms with Crippen molar-refractivity contribution in [3.05, 3.63) is 57.9 Å². The molecule has 0 saturated heterocycles. The number of nitrogens with zero attached hydrogens (tertiary/aromatic N) is 3. The molecule has 1 aromatic carbocycles. The third kappa shape index (κ3) is 3.10. The molecule has 9 heteroatoms. The highest BCUT2D eigenvalue weighted by Gasteiger charge is 2.15. The van der Waals surface area contributed by atoms with Crippen LogP contribution < -0.4 is 10.1 Å². The Morgan fingerprint density at radius 1 is 1.50 bits per heavy atom. The average molecular weight is 344 g/mol. The molecule has 0 radical (unpaired) electrons. The SMILES string of the molecule is COc1ccc(NC(=O)/C=C/c2cnc3sccn23)cc1[N+](=O)[O-]. The van der Waals surface area contributed by atoms with Gasteiger partial charge in [0.25, 0.3) is 0 Å². The molecule has 122 valence electrons. The van der Waals surface area contributed by atoms with Gasteiger partial charge in [0, 0.05) is 29.4 Å². The van der Waals surface area contributed by atoms with Crippen molar-refractivity contribution in [1.82, 2.24) is 9.38 Å². The Balaban J connectivity index is 1.75. The number of anilines is 1. The number of aromatic nitrogens is 2. The maximum Gasteiger partial charge on any atom is 0.312 e. The number of nitro benzene ring substituents is 1. The quantitative estimate of drug-likeness (QED) is 0.436. The number of carbonyl (C=O) groups excluding carboxylic acids is 1. The monoisotopic (exact) mass is 344 g/mol. The Morgan fingerprint density at radius 3 is 3.08 bits per heavy atom. The second kappa shape index (κ2) is 6.50. The fourth-order valence-electron chi connectivity index (χ4n) is 2.12. The largest absolute Gasteiger partial charge is 0.490 e. The summed E-state index contributed by atoms with van der Waals surface area (Å²) in [5, 5.41) is 15.5. The number of fused-ring (bicyclic) bond motifs is 1. The van der Waals surface area contributed by atoms with Gasteiger partial charge in [0.15, 0.2) is 10.7 Å². The smallest absolute Gasteiger partial charge is 0.312 e. The van der Waals surface area contributed by atoms with Crippen LogP contribution in [0, 0.1) is 10.1 Å². The Kier molecular flexibility index (Phi) is 4.25. The first kappa shape index (κ1) is 15.7. The third-order valence-corrected chi connectivity index (χ3v) is 3.99. The molecular weight excluding hydrogens is 332 g/mol. The molecule has 1 amide bonds. The van der Waals surface area contributed by atoms with Gasteiger partial charge in [-0.2, -0.15) is 0 Å². The highest BCUT2D eigenvalue weighted by Crippen LogP contribution is 2.29. The van der Waals surface area contributed by atoms with E-state index < -0.39 is 10.8 Å². The molecule has 3 aromatic rings. The van der Waals surface area contributed by atoms with Crippen LogP contribution in [0.1, 0.15) is 5.69 Å². The molecule has 0 atom stereocenters. The van der Waals surface area contributed by atoms with Crippen LogP contribution in [0.25, 0.3) is 11.0 Å². The molecule has 0 aliphatic heterocycles. The Hall–Kier alpha value is -3.20. The zero-order valence-corrected chi connectivity index (χ0v) is 13.3. The fraction of sp³-hybridized carbons (Fsp3) is 0.0667. The number of hydrogen-bond acceptors (Lipinski definition) is 6. The molecule has 0 unspecified atom stereocenters. The number of ether oxygens (including phenoxy) is 1. The summed E-state index contributed by atoms with van der Waals surface area (Å²) in [6.45, 7) is 0. The highest BCUT2D eigenvalue weighted by molar-refractivity contribution is 7.15. The minimum absolute atomic E-state index is 0.132. The summed E-state index contributed by atoms with van der Waals surface area (Å²) < 4.78 is 6.77. The number of imidazole rings is 1. The number of thiazole rings is 1. The van der Waals surface area contributed by atoms with E-state index >= 15 is 0 Å². The summed E-state index contributed by atoms with van der Waals surface area (Å²) >= 11 is 1.49. The molecule has 2 heterocycles. The molecule has 0 aliphatic rings. The Morgan fingerprint density at radius 2 is 2.33 bits per heavy atom. The first-order valence-corrected chi connectivity index (χ1v) is 7.68. The molecule has 0 bridgehead atoms. The van der Waals surface area contributed by atoms with Gasteiger partial charge in [-0.05, 0) is 18.2 Å². The number of rotatable bonds is 5. The standard InChI is InChI=1S/C15H12N4O4S/c1-23-13-4-2-10(8-12(13)19(21)22)17-14(20)5-3-11-9-16-15-18(11)6-7-24-15/h2-9H,1H3,(H,17,20)/b5-3+. The number of methoxy groups -OCH3 is 1. The number of carbonyl (C=O) groups is 1. The number of nitrogens with one attached hydrogen (secondary N) is 1. The van der Waals surface area contributed by atoms with Crippen molar-refractivity contribution < 1.29 is 14.5 Å². The molecule has 1 N–H and O–H groups in total. The van der Waals surface area contributed by atoms with Crippen LogP contribution in [0.5, 0.6) is 5.75 Å². The summed E-state index contributed by atoms with van der Waals surface area (Å²) in [5.74, 6) is -0.271. The van der Waals surface area contributed by atoms with Crippen LogP contribution in [0.2, 0.25) is 0 Å². The minimum atomic E-state index is -0.566. The average Bonchev–Trinajstić information content (AvgIpc) is 3.16. The molecular formula is C15H12N4O4S. The molecule has 24 heavy (non-hydrogen) atoms. The maximum absolute atomic E-state index is 12.0. The second-order valence-electron chi connectivity index (χ2n) is 4.70. The van der Waals surface area contributed by atoms with Crippen molar-refractivity contribution in [2.24, 2.45) is 0 Å². The van der Waals surface area contributed by atoms with Crippen molar-refractivity contribution in [2.45, 2.75) is 0 Å². The Bertz CT molecular complexity index is 944. The van der Waals surface area contributed by atoms with Gasteiger partial charge in [0.1, 0.15) is 0 Å². The van der Waals surface area contributed by atoms with Crippen LogP contribution >= 0.6 is 11.3 Å². The summed E-state index contributed by atoms with van der Waals surface area (Å²) in [4.78, 5) is 27.4. The number of nitro groups is 1. The summed E-state index contributed by atoms with van der Waals surface area (Å²) in [5.41, 5.74) is 0.864. The van der Waals surface area contributed by atoms with Gasteiger partial charge in [-0.15, -0.1) is 11.3 Å². The maximum atomic E-state index is 12.0. The normalized spacial score (nSPS) is 11.0. The predicted octanol–water partition coefficient (Wildman–Crippen LogP) is 2.96. The zero-order valence-electron chi connectivity index (χ0n) is 12.5. The van der Waals surface area contributed by atoms with Gasteiger partial charge < -0.3 is 10.1 Å². The van der Waals surface area contributed by atoms with Gasteiger partial charge >= 0.3 is 5.69 Å². The van der Waals surface area contributed by atoms with E-state index in [0.717, 1.165) is 10.7 Å². The second-order valence-corrected chi connectivity index (χ2v) is 5.58. The summed E-state index contributed by atoms with van der Waals surface area (Å²) in [6, 6.07) is 4.22. The lowest BCUT2D eigenvalue weighted by atomic mass is 10.2. The fourth-order valence-corrected chi connectivity index (χ4v) is 2.82. The van der Waals surface area contributed by atoms with Crippen LogP contribution in [0.3, 0.4) is 0 Å². The number of benzene rings is 1. The van der Waals surface area contributed by atoms with E-state index in [1.54, 1.807) is 12.3 Å². The van der Waals surface area contributed by atoms with Crippen LogP contribution in [-0.4, -0.2) is 27.3 Å². The van der Waals surface area contributed by atoms with Gasteiger partial charge in [-0.1, -0.05) is 0 Å². The first-order valence-electron chi connectivity index (χ1n) is 6.80. The predicted molar refractivity (Wildman–Crippen MR) is 90.4 cm³/mol. The molecule has 0 saturated carbocycles. The molecule has 0 spiro atoms. The van der Waals surface area contributed by atoms with Gasteiger partial charge in [0.2, 0.25) is 5.91 Å². The molecule has 0 aliphatic carbocycles. The Labute approximate surface area is 140 Å². The van der Waals surface area contributed by atoms with E-state index in [9.17, 15) is 14.9 Å². The van der Waals surface area contributed by atoms with Gasteiger partial charge in [-0.3, -0.25) is 19.3 Å². The lowest BCUT2D eigenvalue weighted by molar-refractivity contribution is -0.385. The third-order valence-electron chi connectivity index (χ3n) is 3.22. The van der Waals surface area contributed by atoms with Crippen LogP contribution in [0.4, 0.5) is 11.4 Å². The summed E-state index contributed by atoms with van der Waals surface area (Å²) in [6.07, 6.45) is 6.49. The van der Waals surface area contributed by atoms with Crippen molar-refractivity contribution in [3.63, 3.8) is 0 Å². The van der Waals surface area contributed by atoms with E-state index in [1.807, 2.05) is 16.0 Å². The van der Waals surface area contributed by atoms with Crippen molar-refractivity contribution in [2.75, 3.05) is 12.4 Å². The van der Waals surface area contributed by atoms with Gasteiger partial charge in [-0.25, -0.2) is 4.98 Å². The van der Waals surface area contributed by atoms with Crippen molar-refractivity contribution >= 4 is 39.7 Å². The highest BCUT2D eigenvalue weighted by atomic mass is 32.1. The lowest BCUT2D eigenvalue weighted by Crippen LogP contribution is -2.08. The topological polar surface area (TPSA) is 98.8 Å². The molecule has 8 nitrogen and oxygen atoms in total. The lowest BCUT2D eigenvalue weighted by Gasteiger charge is -2.05. The molecule has 3 rings (SSSR count). The van der Waals surface area contributed by atoms with E-state index in [-0.39, 0.29) is 11.4 Å². The number of amides is 1. The molecule has 0 fully saturated rings. The first-order chi connectivity index (χ1) is 11.6. The van der Waals surface area contributed by atoms with E-state index in [0.29, 0.717) is 5.69 Å². The minimum Gasteiger partial charge on any atom is -0.490 e. The van der Waals surface area contributed by atoms with Gasteiger partial charge in [0.05, 0.1) is 23.9 Å². The summed E-state index contributed by atoms with van der Waals surface area (Å²) in [7, 11) is 1.35. The number of hydrogen-bond donors (Lipinski definition) is 1. The van der Waals surface area contributed by atoms with E-state index in [1.165, 1.54) is 42.7 Å². The van der Waals surface area contributed by atoms with Crippen LogP contribution in [-0.2, 0) is 4.79 Å². The van der Waals surface area contributed by atoms with Crippen LogP contribution in [0.15, 0.2) is 42.0 Å².